The van der Waals surface area contributed by atoms with Gasteiger partial charge in [0.05, 0.1) is 17.8 Å². The predicted molar refractivity (Wildman–Crippen MR) is 59.9 cm³/mol. The molecule has 2 rings (SSSR count). The molecule has 1 aromatic rings. The second kappa shape index (κ2) is 3.55. The Bertz CT molecular complexity index is 351. The van der Waals surface area contributed by atoms with Crippen molar-refractivity contribution >= 4 is 34.7 Å². The third-order valence-corrected chi connectivity index (χ3v) is 3.35. The van der Waals surface area contributed by atoms with Crippen LogP contribution in [0.2, 0.25) is 0 Å². The number of thiocarbonyl (C=S) groups is 1. The Morgan fingerprint density at radius 1 is 1.54 bits per heavy atom. The summed E-state index contributed by atoms with van der Waals surface area (Å²) >= 11 is 6.85. The summed E-state index contributed by atoms with van der Waals surface area (Å²) in [5.74, 6) is 1.73. The number of anilines is 1. The van der Waals surface area contributed by atoms with E-state index in [2.05, 4.69) is 5.32 Å². The summed E-state index contributed by atoms with van der Waals surface area (Å²) in [6.45, 7) is 0. The van der Waals surface area contributed by atoms with Crippen molar-refractivity contribution in [1.82, 2.24) is 0 Å². The zero-order valence-corrected chi connectivity index (χ0v) is 8.80. The van der Waals surface area contributed by atoms with Gasteiger partial charge in [0.25, 0.3) is 0 Å². The number of methoxy groups -OCH3 is 1. The minimum absolute atomic E-state index is 0.858. The largest absolute Gasteiger partial charge is 0.497 e. The Morgan fingerprint density at radius 3 is 3.15 bits per heavy atom. The molecule has 0 spiro atoms. The number of hydrogen-bond acceptors (Lipinski definition) is 3. The summed E-state index contributed by atoms with van der Waals surface area (Å²) < 4.78 is 5.12. The van der Waals surface area contributed by atoms with Gasteiger partial charge in [-0.15, -0.1) is 11.8 Å². The van der Waals surface area contributed by atoms with Crippen LogP contribution in [-0.4, -0.2) is 17.9 Å². The predicted octanol–water partition coefficient (Wildman–Crippen LogP) is 2.54. The molecule has 0 fully saturated rings. The van der Waals surface area contributed by atoms with Crippen LogP contribution in [0.1, 0.15) is 0 Å². The standard InChI is InChI=1S/C9H9NOS2/c1-11-6-2-3-8-7(4-6)10-9(12)5-13-8/h2-4H,5H2,1H3,(H,10,12). The molecule has 1 heterocycles. The average Bonchev–Trinajstić information content (AvgIpc) is 2.16. The number of rotatable bonds is 1. The van der Waals surface area contributed by atoms with Crippen molar-refractivity contribution in [3.63, 3.8) is 0 Å². The zero-order valence-electron chi connectivity index (χ0n) is 7.16. The molecule has 0 saturated carbocycles. The Labute approximate surface area is 86.7 Å². The first-order valence-electron chi connectivity index (χ1n) is 3.90. The van der Waals surface area contributed by atoms with Crippen molar-refractivity contribution in [2.45, 2.75) is 4.90 Å². The summed E-state index contributed by atoms with van der Waals surface area (Å²) in [7, 11) is 1.66. The Morgan fingerprint density at radius 2 is 2.38 bits per heavy atom. The van der Waals surface area contributed by atoms with Crippen LogP contribution in [-0.2, 0) is 0 Å². The van der Waals surface area contributed by atoms with E-state index in [1.807, 2.05) is 18.2 Å². The van der Waals surface area contributed by atoms with E-state index >= 15 is 0 Å². The lowest BCUT2D eigenvalue weighted by molar-refractivity contribution is 0.414. The molecule has 0 aliphatic carbocycles. The minimum atomic E-state index is 0.858. The van der Waals surface area contributed by atoms with Crippen molar-refractivity contribution < 1.29 is 4.74 Å². The Balaban J connectivity index is 2.38. The van der Waals surface area contributed by atoms with Gasteiger partial charge in [0.2, 0.25) is 0 Å². The van der Waals surface area contributed by atoms with Crippen LogP contribution in [0.15, 0.2) is 23.1 Å². The van der Waals surface area contributed by atoms with Gasteiger partial charge in [0.1, 0.15) is 5.75 Å². The quantitative estimate of drug-likeness (QED) is 0.720. The molecule has 0 aromatic heterocycles. The number of nitrogens with one attached hydrogen (secondary N) is 1. The molecule has 1 aliphatic rings. The lowest BCUT2D eigenvalue weighted by Crippen LogP contribution is -2.16. The molecule has 1 N–H and O–H groups in total. The molecular formula is C9H9NOS2. The maximum Gasteiger partial charge on any atom is 0.121 e. The molecule has 1 aliphatic heterocycles. The van der Waals surface area contributed by atoms with Gasteiger partial charge in [0.15, 0.2) is 0 Å². The van der Waals surface area contributed by atoms with Gasteiger partial charge in [-0.25, -0.2) is 0 Å². The molecule has 4 heteroatoms. The molecule has 0 amide bonds. The third-order valence-electron chi connectivity index (χ3n) is 1.82. The van der Waals surface area contributed by atoms with E-state index < -0.39 is 0 Å². The second-order valence-electron chi connectivity index (χ2n) is 2.70. The van der Waals surface area contributed by atoms with Gasteiger partial charge in [0, 0.05) is 16.7 Å². The molecule has 1 aromatic carbocycles. The van der Waals surface area contributed by atoms with Crippen LogP contribution >= 0.6 is 24.0 Å². The van der Waals surface area contributed by atoms with E-state index in [1.54, 1.807) is 18.9 Å². The molecular weight excluding hydrogens is 202 g/mol. The van der Waals surface area contributed by atoms with Crippen molar-refractivity contribution in [3.8, 4) is 5.75 Å². The fraction of sp³-hybridized carbons (Fsp3) is 0.222. The van der Waals surface area contributed by atoms with Crippen molar-refractivity contribution in [1.29, 1.82) is 0 Å². The molecule has 0 bridgehead atoms. The second-order valence-corrected chi connectivity index (χ2v) is 4.21. The molecule has 0 atom stereocenters. The van der Waals surface area contributed by atoms with Crippen LogP contribution in [0.25, 0.3) is 0 Å². The number of fused-ring (bicyclic) bond motifs is 1. The van der Waals surface area contributed by atoms with E-state index in [4.69, 9.17) is 17.0 Å². The summed E-state index contributed by atoms with van der Waals surface area (Å²) in [5, 5.41) is 3.17. The maximum atomic E-state index is 5.12. The molecule has 0 unspecified atom stereocenters. The first-order valence-corrected chi connectivity index (χ1v) is 5.29. The number of thioether (sulfide) groups is 1. The van der Waals surface area contributed by atoms with Gasteiger partial charge in [-0.3, -0.25) is 0 Å². The van der Waals surface area contributed by atoms with E-state index in [1.165, 1.54) is 4.90 Å². The van der Waals surface area contributed by atoms with Crippen molar-refractivity contribution in [2.24, 2.45) is 0 Å². The van der Waals surface area contributed by atoms with Gasteiger partial charge < -0.3 is 10.1 Å². The normalized spacial score (nSPS) is 14.7. The lowest BCUT2D eigenvalue weighted by atomic mass is 10.3. The minimum Gasteiger partial charge on any atom is -0.497 e. The van der Waals surface area contributed by atoms with Gasteiger partial charge in [-0.1, -0.05) is 12.2 Å². The zero-order chi connectivity index (χ0) is 9.26. The highest BCUT2D eigenvalue weighted by Gasteiger charge is 2.12. The lowest BCUT2D eigenvalue weighted by Gasteiger charge is -2.18. The van der Waals surface area contributed by atoms with E-state index in [0.29, 0.717) is 0 Å². The summed E-state index contributed by atoms with van der Waals surface area (Å²) in [6.07, 6.45) is 0. The van der Waals surface area contributed by atoms with E-state index in [0.717, 1.165) is 22.2 Å². The van der Waals surface area contributed by atoms with E-state index in [9.17, 15) is 0 Å². The van der Waals surface area contributed by atoms with Crippen LogP contribution in [0.4, 0.5) is 5.69 Å². The molecule has 0 saturated heterocycles. The number of hydrogen-bond donors (Lipinski definition) is 1. The SMILES string of the molecule is COc1ccc2c(c1)NC(=S)CS2. The molecule has 0 radical (unpaired) electrons. The smallest absolute Gasteiger partial charge is 0.121 e. The summed E-state index contributed by atoms with van der Waals surface area (Å²) in [4.78, 5) is 2.11. The highest BCUT2D eigenvalue weighted by Crippen LogP contribution is 2.34. The monoisotopic (exact) mass is 211 g/mol. The summed E-state index contributed by atoms with van der Waals surface area (Å²) in [5.41, 5.74) is 1.06. The molecule has 68 valence electrons. The van der Waals surface area contributed by atoms with Crippen LogP contribution < -0.4 is 10.1 Å². The molecule has 13 heavy (non-hydrogen) atoms. The van der Waals surface area contributed by atoms with Crippen LogP contribution in [0, 0.1) is 0 Å². The maximum absolute atomic E-state index is 5.12. The number of benzene rings is 1. The highest BCUT2D eigenvalue weighted by molar-refractivity contribution is 8.01. The van der Waals surface area contributed by atoms with Gasteiger partial charge >= 0.3 is 0 Å². The van der Waals surface area contributed by atoms with Gasteiger partial charge in [-0.05, 0) is 12.1 Å². The fourth-order valence-electron chi connectivity index (χ4n) is 1.19. The average molecular weight is 211 g/mol. The topological polar surface area (TPSA) is 21.3 Å². The van der Waals surface area contributed by atoms with Crippen LogP contribution in [0.3, 0.4) is 0 Å². The highest BCUT2D eigenvalue weighted by atomic mass is 32.2. The third kappa shape index (κ3) is 1.78. The summed E-state index contributed by atoms with van der Waals surface area (Å²) in [6, 6.07) is 5.98. The van der Waals surface area contributed by atoms with Gasteiger partial charge in [-0.2, -0.15) is 0 Å². The van der Waals surface area contributed by atoms with Crippen molar-refractivity contribution in [2.75, 3.05) is 18.2 Å². The number of ether oxygens (including phenoxy) is 1. The first-order chi connectivity index (χ1) is 6.29. The van der Waals surface area contributed by atoms with E-state index in [-0.39, 0.29) is 0 Å². The van der Waals surface area contributed by atoms with Crippen molar-refractivity contribution in [3.05, 3.63) is 18.2 Å². The first kappa shape index (κ1) is 8.84. The molecule has 2 nitrogen and oxygen atoms in total. The fourth-order valence-corrected chi connectivity index (χ4v) is 2.26. The Kier molecular flexibility index (Phi) is 2.42. The Hall–Kier alpha value is -0.740. The van der Waals surface area contributed by atoms with Crippen LogP contribution in [0.5, 0.6) is 5.75 Å².